The van der Waals surface area contributed by atoms with Crippen LogP contribution in [0.25, 0.3) is 0 Å². The third-order valence-corrected chi connectivity index (χ3v) is 1.64. The maximum Gasteiger partial charge on any atom is 0.207 e. The van der Waals surface area contributed by atoms with E-state index in [2.05, 4.69) is 5.32 Å². The zero-order chi connectivity index (χ0) is 8.97. The van der Waals surface area contributed by atoms with Gasteiger partial charge in [-0.3, -0.25) is 4.79 Å². The van der Waals surface area contributed by atoms with Gasteiger partial charge < -0.3 is 10.1 Å². The Labute approximate surface area is 69.9 Å². The van der Waals surface area contributed by atoms with Crippen molar-refractivity contribution in [2.75, 3.05) is 7.11 Å². The molecule has 0 heterocycles. The summed E-state index contributed by atoms with van der Waals surface area (Å²) in [6.45, 7) is 0. The summed E-state index contributed by atoms with van der Waals surface area (Å²) in [5, 5.41) is 2.46. The van der Waals surface area contributed by atoms with Crippen molar-refractivity contribution in [3.8, 4) is 0 Å². The summed E-state index contributed by atoms with van der Waals surface area (Å²) >= 11 is 0. The van der Waals surface area contributed by atoms with Gasteiger partial charge in [0.05, 0.1) is 13.2 Å². The number of amides is 1. The number of nitrogens with one attached hydrogen (secondary N) is 1. The summed E-state index contributed by atoms with van der Waals surface area (Å²) in [7, 11) is 1.41. The van der Waals surface area contributed by atoms with Crippen molar-refractivity contribution in [1.82, 2.24) is 5.32 Å². The van der Waals surface area contributed by atoms with Crippen LogP contribution in [-0.4, -0.2) is 19.6 Å². The third-order valence-electron chi connectivity index (χ3n) is 1.64. The molecule has 1 aliphatic rings. The van der Waals surface area contributed by atoms with Crippen LogP contribution in [0, 0.1) is 0 Å². The summed E-state index contributed by atoms with van der Waals surface area (Å²) in [5.74, 6) is -0.193. The second-order valence-corrected chi connectivity index (χ2v) is 2.41. The molecule has 1 unspecified atom stereocenters. The predicted octanol–water partition coefficient (Wildman–Crippen LogP) is 0.888. The molecule has 0 saturated carbocycles. The number of hydrogen-bond donors (Lipinski definition) is 1. The first-order valence-corrected chi connectivity index (χ1v) is 3.59. The van der Waals surface area contributed by atoms with Crippen LogP contribution in [0.4, 0.5) is 4.39 Å². The van der Waals surface area contributed by atoms with Gasteiger partial charge in [0.25, 0.3) is 0 Å². The van der Waals surface area contributed by atoms with E-state index in [-0.39, 0.29) is 11.8 Å². The highest BCUT2D eigenvalue weighted by Crippen LogP contribution is 2.19. The van der Waals surface area contributed by atoms with Crippen molar-refractivity contribution < 1.29 is 13.9 Å². The Morgan fingerprint density at radius 3 is 3.08 bits per heavy atom. The topological polar surface area (TPSA) is 38.3 Å². The minimum absolute atomic E-state index is 0.235. The van der Waals surface area contributed by atoms with Crippen molar-refractivity contribution in [2.24, 2.45) is 0 Å². The number of carbonyl (C=O) groups excluding carboxylic acids is 1. The molecule has 0 aromatic heterocycles. The van der Waals surface area contributed by atoms with E-state index in [1.165, 1.54) is 13.2 Å². The Balaban J connectivity index is 2.62. The van der Waals surface area contributed by atoms with Gasteiger partial charge >= 0.3 is 0 Å². The summed E-state index contributed by atoms with van der Waals surface area (Å²) in [4.78, 5) is 10.0. The molecule has 0 radical (unpaired) electrons. The highest BCUT2D eigenvalue weighted by molar-refractivity contribution is 5.48. The van der Waals surface area contributed by atoms with E-state index in [9.17, 15) is 9.18 Å². The van der Waals surface area contributed by atoms with Crippen LogP contribution in [0.1, 0.15) is 6.42 Å². The smallest absolute Gasteiger partial charge is 0.207 e. The predicted molar refractivity (Wildman–Crippen MR) is 41.9 cm³/mol. The summed E-state index contributed by atoms with van der Waals surface area (Å²) in [6.07, 6.45) is 4.05. The minimum atomic E-state index is -0.428. The number of allylic oxidation sites excluding steroid dienone is 1. The normalized spacial score (nSPS) is 22.3. The lowest BCUT2D eigenvalue weighted by Crippen LogP contribution is -2.27. The molecule has 1 aliphatic carbocycles. The molecule has 1 amide bonds. The molecule has 1 N–H and O–H groups in total. The molecule has 1 atom stereocenters. The van der Waals surface area contributed by atoms with Crippen LogP contribution in [0.15, 0.2) is 23.7 Å². The van der Waals surface area contributed by atoms with Crippen LogP contribution < -0.4 is 5.32 Å². The lowest BCUT2D eigenvalue weighted by atomic mass is 10.1. The van der Waals surface area contributed by atoms with Crippen molar-refractivity contribution in [3.63, 3.8) is 0 Å². The Bertz CT molecular complexity index is 235. The molecule has 3 nitrogen and oxygen atoms in total. The Morgan fingerprint density at radius 1 is 1.83 bits per heavy atom. The highest BCUT2D eigenvalue weighted by atomic mass is 19.1. The molecule has 0 aliphatic heterocycles. The minimum Gasteiger partial charge on any atom is -0.494 e. The molecule has 0 bridgehead atoms. The highest BCUT2D eigenvalue weighted by Gasteiger charge is 2.14. The fraction of sp³-hybridized carbons (Fsp3) is 0.375. The number of rotatable bonds is 3. The molecule has 0 aromatic rings. The van der Waals surface area contributed by atoms with Crippen LogP contribution >= 0.6 is 0 Å². The zero-order valence-electron chi connectivity index (χ0n) is 6.71. The average molecular weight is 171 g/mol. The van der Waals surface area contributed by atoms with Crippen molar-refractivity contribution in [3.05, 3.63) is 23.7 Å². The van der Waals surface area contributed by atoms with Gasteiger partial charge in [-0.25, -0.2) is 4.39 Å². The van der Waals surface area contributed by atoms with E-state index in [4.69, 9.17) is 4.74 Å². The number of methoxy groups -OCH3 is 1. The maximum absolute atomic E-state index is 12.9. The van der Waals surface area contributed by atoms with E-state index >= 15 is 0 Å². The first kappa shape index (κ1) is 8.77. The van der Waals surface area contributed by atoms with Gasteiger partial charge in [0.1, 0.15) is 5.76 Å². The van der Waals surface area contributed by atoms with E-state index in [1.54, 1.807) is 6.08 Å². The second kappa shape index (κ2) is 3.90. The fourth-order valence-electron chi connectivity index (χ4n) is 1.04. The van der Waals surface area contributed by atoms with Crippen molar-refractivity contribution >= 4 is 6.41 Å². The molecule has 0 saturated heterocycles. The molecule has 4 heteroatoms. The molecule has 0 aromatic carbocycles. The number of carbonyl (C=O) groups is 1. The van der Waals surface area contributed by atoms with Gasteiger partial charge in [0, 0.05) is 0 Å². The SMILES string of the molecule is COC1=CCC(NC=O)C=C1F. The molecule has 0 fully saturated rings. The fourth-order valence-corrected chi connectivity index (χ4v) is 1.04. The van der Waals surface area contributed by atoms with Crippen LogP contribution in [0.2, 0.25) is 0 Å². The van der Waals surface area contributed by atoms with Gasteiger partial charge in [0.15, 0.2) is 5.83 Å². The lowest BCUT2D eigenvalue weighted by Gasteiger charge is -2.15. The van der Waals surface area contributed by atoms with Gasteiger partial charge in [-0.2, -0.15) is 0 Å². The Hall–Kier alpha value is -1.32. The molecular formula is C8H10FNO2. The Morgan fingerprint density at radius 2 is 2.58 bits per heavy atom. The van der Waals surface area contributed by atoms with Crippen LogP contribution in [-0.2, 0) is 9.53 Å². The molecular weight excluding hydrogens is 161 g/mol. The number of hydrogen-bond acceptors (Lipinski definition) is 2. The quantitative estimate of drug-likeness (QED) is 0.640. The van der Waals surface area contributed by atoms with E-state index < -0.39 is 5.83 Å². The monoisotopic (exact) mass is 171 g/mol. The zero-order valence-corrected chi connectivity index (χ0v) is 6.71. The Kier molecular flexibility index (Phi) is 2.85. The third kappa shape index (κ3) is 1.84. The molecule has 0 spiro atoms. The second-order valence-electron chi connectivity index (χ2n) is 2.41. The molecule has 12 heavy (non-hydrogen) atoms. The summed E-state index contributed by atoms with van der Waals surface area (Å²) < 4.78 is 17.7. The van der Waals surface area contributed by atoms with Gasteiger partial charge in [0.2, 0.25) is 6.41 Å². The first-order valence-electron chi connectivity index (χ1n) is 3.59. The van der Waals surface area contributed by atoms with E-state index in [0.717, 1.165) is 0 Å². The number of halogens is 1. The van der Waals surface area contributed by atoms with Crippen LogP contribution in [0.5, 0.6) is 0 Å². The maximum atomic E-state index is 12.9. The van der Waals surface area contributed by atoms with Crippen LogP contribution in [0.3, 0.4) is 0 Å². The number of ether oxygens (including phenoxy) is 1. The van der Waals surface area contributed by atoms with Gasteiger partial charge in [-0.15, -0.1) is 0 Å². The molecule has 66 valence electrons. The summed E-state index contributed by atoms with van der Waals surface area (Å²) in [5.41, 5.74) is 0. The van der Waals surface area contributed by atoms with Gasteiger partial charge in [-0.1, -0.05) is 0 Å². The van der Waals surface area contributed by atoms with Gasteiger partial charge in [-0.05, 0) is 18.6 Å². The lowest BCUT2D eigenvalue weighted by molar-refractivity contribution is -0.109. The standard InChI is InChI=1S/C8H10FNO2/c1-12-8-3-2-6(10-5-11)4-7(8)9/h3-6H,2H2,1H3,(H,10,11). The largest absolute Gasteiger partial charge is 0.494 e. The summed E-state index contributed by atoms with van der Waals surface area (Å²) in [6, 6.07) is -0.249. The van der Waals surface area contributed by atoms with Crippen molar-refractivity contribution in [2.45, 2.75) is 12.5 Å². The average Bonchev–Trinajstić information content (AvgIpc) is 2.05. The first-order chi connectivity index (χ1) is 5.77. The van der Waals surface area contributed by atoms with E-state index in [0.29, 0.717) is 12.8 Å². The van der Waals surface area contributed by atoms with E-state index in [1.807, 2.05) is 0 Å². The van der Waals surface area contributed by atoms with Crippen molar-refractivity contribution in [1.29, 1.82) is 0 Å². The molecule has 1 rings (SSSR count).